The molecule has 0 aromatic rings. The maximum absolute atomic E-state index is 12.0. The van der Waals surface area contributed by atoms with Crippen LogP contribution in [0.25, 0.3) is 0 Å². The minimum absolute atomic E-state index is 0. The van der Waals surface area contributed by atoms with Crippen LogP contribution in [0.1, 0.15) is 72.6 Å². The molecule has 0 heterocycles. The van der Waals surface area contributed by atoms with Crippen molar-refractivity contribution in [2.45, 2.75) is 78.2 Å². The lowest BCUT2D eigenvalue weighted by atomic mass is 9.45. The minimum Gasteiger partial charge on any atom is -0.412 e. The summed E-state index contributed by atoms with van der Waals surface area (Å²) in [5, 5.41) is 11.3. The highest BCUT2D eigenvalue weighted by Crippen LogP contribution is 2.68. The van der Waals surface area contributed by atoms with Gasteiger partial charge in [-0.2, -0.15) is 0 Å². The van der Waals surface area contributed by atoms with Gasteiger partial charge in [0.15, 0.2) is 5.78 Å². The molecule has 3 N–H and O–H groups in total. The number of allylic oxidation sites excluding steroid dienone is 1. The fourth-order valence-electron chi connectivity index (χ4n) is 7.41. The molecule has 3 saturated carbocycles. The summed E-state index contributed by atoms with van der Waals surface area (Å²) in [6.45, 7) is 8.89. The number of hydrogen-bond donors (Lipinski definition) is 1. The molecule has 144 valence electrons. The monoisotopic (exact) mass is 358 g/mol. The standard InChI is InChI=1S/C23H32O2.H2O/c1-5-9-23(25)12-8-19-17-13-15(2)20-14-16(24)6-10-21(20,3)18(17)7-11-22(19,23)4;/h14-15,17-19,25H,6-8,10-13H2,1-4H3;1H2/t15-,17-,18+,19+,21-,22+,23+;/m1./s1. The Morgan fingerprint density at radius 3 is 2.54 bits per heavy atom. The average Bonchev–Trinajstić information content (AvgIpc) is 2.82. The van der Waals surface area contributed by atoms with Gasteiger partial charge in [-0.25, -0.2) is 0 Å². The third-order valence-corrected chi connectivity index (χ3v) is 8.76. The number of fused-ring (bicyclic) bond motifs is 5. The Hall–Kier alpha value is -1.11. The van der Waals surface area contributed by atoms with Crippen LogP contribution in [0.3, 0.4) is 0 Å². The van der Waals surface area contributed by atoms with Gasteiger partial charge in [-0.05, 0) is 80.6 Å². The van der Waals surface area contributed by atoms with Gasteiger partial charge in [0.25, 0.3) is 0 Å². The van der Waals surface area contributed by atoms with Crippen LogP contribution in [-0.4, -0.2) is 22.0 Å². The molecule has 0 amide bonds. The van der Waals surface area contributed by atoms with Gasteiger partial charge in [-0.15, -0.1) is 5.92 Å². The predicted octanol–water partition coefficient (Wildman–Crippen LogP) is 3.69. The molecule has 0 aromatic carbocycles. The molecule has 3 heteroatoms. The zero-order chi connectivity index (χ0) is 18.0. The lowest BCUT2D eigenvalue weighted by Crippen LogP contribution is -2.55. The van der Waals surface area contributed by atoms with E-state index < -0.39 is 5.60 Å². The summed E-state index contributed by atoms with van der Waals surface area (Å²) in [6, 6.07) is 0. The smallest absolute Gasteiger partial charge is 0.155 e. The van der Waals surface area contributed by atoms with Crippen molar-refractivity contribution in [1.29, 1.82) is 0 Å². The van der Waals surface area contributed by atoms with E-state index >= 15 is 0 Å². The van der Waals surface area contributed by atoms with Crippen LogP contribution in [0.15, 0.2) is 11.6 Å². The first-order valence-electron chi connectivity index (χ1n) is 10.2. The molecule has 0 aromatic heterocycles. The van der Waals surface area contributed by atoms with E-state index in [9.17, 15) is 9.90 Å². The molecule has 4 aliphatic carbocycles. The van der Waals surface area contributed by atoms with Crippen LogP contribution in [-0.2, 0) is 4.79 Å². The van der Waals surface area contributed by atoms with Gasteiger partial charge in [-0.1, -0.05) is 32.3 Å². The second kappa shape index (κ2) is 6.21. The van der Waals surface area contributed by atoms with Gasteiger partial charge in [0.2, 0.25) is 0 Å². The van der Waals surface area contributed by atoms with E-state index in [0.717, 1.165) is 25.7 Å². The van der Waals surface area contributed by atoms with Crippen LogP contribution in [0.2, 0.25) is 0 Å². The maximum Gasteiger partial charge on any atom is 0.155 e. The summed E-state index contributed by atoms with van der Waals surface area (Å²) in [6.07, 6.45) is 9.05. The van der Waals surface area contributed by atoms with E-state index in [1.54, 1.807) is 0 Å². The topological polar surface area (TPSA) is 68.8 Å². The molecule has 4 aliphatic rings. The van der Waals surface area contributed by atoms with E-state index in [1.165, 1.54) is 18.4 Å². The van der Waals surface area contributed by atoms with Gasteiger partial charge in [-0.3, -0.25) is 4.79 Å². The molecular formula is C23H34O3. The van der Waals surface area contributed by atoms with Crippen molar-refractivity contribution < 1.29 is 15.4 Å². The Labute approximate surface area is 157 Å². The third-order valence-electron chi connectivity index (χ3n) is 8.76. The largest absolute Gasteiger partial charge is 0.412 e. The van der Waals surface area contributed by atoms with E-state index in [0.29, 0.717) is 35.9 Å². The van der Waals surface area contributed by atoms with Crippen LogP contribution >= 0.6 is 0 Å². The van der Waals surface area contributed by atoms with Crippen LogP contribution < -0.4 is 0 Å². The summed E-state index contributed by atoms with van der Waals surface area (Å²) in [7, 11) is 0. The minimum atomic E-state index is -0.805. The van der Waals surface area contributed by atoms with Crippen LogP contribution in [0.4, 0.5) is 0 Å². The highest BCUT2D eigenvalue weighted by Gasteiger charge is 2.64. The number of rotatable bonds is 0. The van der Waals surface area contributed by atoms with Crippen molar-refractivity contribution >= 4 is 5.78 Å². The number of ketones is 1. The Bertz CT molecular complexity index is 698. The van der Waals surface area contributed by atoms with E-state index in [1.807, 2.05) is 13.0 Å². The normalized spacial score (nSPS) is 49.6. The molecule has 26 heavy (non-hydrogen) atoms. The first-order chi connectivity index (χ1) is 11.7. The maximum atomic E-state index is 12.0. The quantitative estimate of drug-likeness (QED) is 0.671. The van der Waals surface area contributed by atoms with E-state index in [4.69, 9.17) is 0 Å². The van der Waals surface area contributed by atoms with Crippen LogP contribution in [0.5, 0.6) is 0 Å². The SMILES string of the molecule is CC#C[C@]1(O)CC[C@H]2[C@@H]3C[C@@H](C)C4=CC(=O)CC[C@]4(C)[C@H]3CC[C@@]21C.O. The van der Waals surface area contributed by atoms with Gasteiger partial charge in [0, 0.05) is 11.8 Å². The predicted molar refractivity (Wildman–Crippen MR) is 103 cm³/mol. The van der Waals surface area contributed by atoms with Crippen molar-refractivity contribution in [2.24, 2.45) is 34.5 Å². The van der Waals surface area contributed by atoms with Crippen molar-refractivity contribution in [3.63, 3.8) is 0 Å². The molecule has 0 bridgehead atoms. The molecule has 4 rings (SSSR count). The number of carbonyl (C=O) groups excluding carboxylic acids is 1. The number of hydrogen-bond acceptors (Lipinski definition) is 2. The molecule has 3 fully saturated rings. The Morgan fingerprint density at radius 1 is 1.15 bits per heavy atom. The summed E-state index contributed by atoms with van der Waals surface area (Å²) in [4.78, 5) is 12.0. The second-order valence-corrected chi connectivity index (χ2v) is 9.73. The molecule has 7 atom stereocenters. The first kappa shape index (κ1) is 19.6. The summed E-state index contributed by atoms with van der Waals surface area (Å²) in [5.41, 5.74) is 0.739. The fraction of sp³-hybridized carbons (Fsp3) is 0.783. The zero-order valence-corrected chi connectivity index (χ0v) is 16.7. The molecule has 0 unspecified atom stereocenters. The first-order valence-corrected chi connectivity index (χ1v) is 10.2. The number of carbonyl (C=O) groups is 1. The second-order valence-electron chi connectivity index (χ2n) is 9.73. The van der Waals surface area contributed by atoms with Crippen molar-refractivity contribution in [3.05, 3.63) is 11.6 Å². The van der Waals surface area contributed by atoms with Crippen molar-refractivity contribution in [1.82, 2.24) is 0 Å². The van der Waals surface area contributed by atoms with Gasteiger partial charge < -0.3 is 10.6 Å². The Kier molecular flexibility index (Phi) is 4.69. The highest BCUT2D eigenvalue weighted by atomic mass is 16.3. The van der Waals surface area contributed by atoms with Gasteiger partial charge in [0.1, 0.15) is 5.60 Å². The van der Waals surface area contributed by atoms with E-state index in [-0.39, 0.29) is 16.3 Å². The molecule has 0 spiro atoms. The van der Waals surface area contributed by atoms with Crippen LogP contribution in [0, 0.1) is 46.3 Å². The summed E-state index contributed by atoms with van der Waals surface area (Å²) >= 11 is 0. The average molecular weight is 359 g/mol. The van der Waals surface area contributed by atoms with E-state index in [2.05, 4.69) is 32.6 Å². The molecular weight excluding hydrogens is 324 g/mol. The molecule has 0 aliphatic heterocycles. The number of aliphatic hydroxyl groups is 1. The van der Waals surface area contributed by atoms with Gasteiger partial charge in [0.05, 0.1) is 0 Å². The molecule has 3 nitrogen and oxygen atoms in total. The lowest BCUT2D eigenvalue weighted by molar-refractivity contribution is -0.121. The summed E-state index contributed by atoms with van der Waals surface area (Å²) in [5.74, 6) is 8.90. The third kappa shape index (κ3) is 2.38. The molecule has 0 radical (unpaired) electrons. The zero-order valence-electron chi connectivity index (χ0n) is 16.7. The Morgan fingerprint density at radius 2 is 1.85 bits per heavy atom. The van der Waals surface area contributed by atoms with Crippen molar-refractivity contribution in [2.75, 3.05) is 0 Å². The fourth-order valence-corrected chi connectivity index (χ4v) is 7.41. The lowest BCUT2D eigenvalue weighted by Gasteiger charge is -2.60. The summed E-state index contributed by atoms with van der Waals surface area (Å²) < 4.78 is 0. The molecule has 0 saturated heterocycles. The highest BCUT2D eigenvalue weighted by molar-refractivity contribution is 5.91. The van der Waals surface area contributed by atoms with Gasteiger partial charge >= 0.3 is 0 Å². The Balaban J connectivity index is 0.00000196. The van der Waals surface area contributed by atoms with Crippen molar-refractivity contribution in [3.8, 4) is 11.8 Å².